The molecular weight excluding hydrogens is 165 g/mol. The molecule has 2 aliphatic heterocycles. The minimum absolute atomic E-state index is 0.146. The van der Waals surface area contributed by atoms with Gasteiger partial charge in [-0.15, -0.1) is 0 Å². The van der Waals surface area contributed by atoms with Gasteiger partial charge in [-0.2, -0.15) is 0 Å². The zero-order chi connectivity index (χ0) is 9.10. The smallest absolute Gasteiger partial charge is 0.407 e. The van der Waals surface area contributed by atoms with Crippen LogP contribution in [0.5, 0.6) is 0 Å². The van der Waals surface area contributed by atoms with Gasteiger partial charge in [0.1, 0.15) is 0 Å². The molecule has 1 saturated heterocycles. The van der Waals surface area contributed by atoms with Crippen LogP contribution in [0, 0.1) is 0 Å². The Morgan fingerprint density at radius 2 is 2.15 bits per heavy atom. The lowest BCUT2D eigenvalue weighted by Gasteiger charge is -2.24. The van der Waals surface area contributed by atoms with Crippen LogP contribution in [-0.4, -0.2) is 38.8 Å². The number of likely N-dealkylation sites (N-methyl/N-ethyl adjacent to an activating group) is 1. The average molecular weight is 179 g/mol. The molecule has 0 aromatic rings. The minimum atomic E-state index is -0.146. The van der Waals surface area contributed by atoms with Crippen molar-refractivity contribution in [1.29, 1.82) is 0 Å². The summed E-state index contributed by atoms with van der Waals surface area (Å²) in [4.78, 5) is 2.12. The second kappa shape index (κ2) is 3.98. The van der Waals surface area contributed by atoms with Gasteiger partial charge in [0, 0.05) is 26.8 Å². The van der Waals surface area contributed by atoms with Crippen molar-refractivity contribution < 1.29 is 9.31 Å². The van der Waals surface area contributed by atoms with Crippen LogP contribution in [0.1, 0.15) is 6.42 Å². The normalized spacial score (nSPS) is 23.3. The third-order valence-corrected chi connectivity index (χ3v) is 2.17. The zero-order valence-corrected chi connectivity index (χ0v) is 7.90. The van der Waals surface area contributed by atoms with E-state index in [9.17, 15) is 0 Å². The first-order valence-corrected chi connectivity index (χ1v) is 4.68. The Kier molecular flexibility index (Phi) is 2.71. The molecule has 0 atom stereocenters. The molecule has 0 bridgehead atoms. The highest BCUT2D eigenvalue weighted by Gasteiger charge is 2.26. The highest BCUT2D eigenvalue weighted by Crippen LogP contribution is 2.14. The lowest BCUT2D eigenvalue weighted by atomic mass is 9.76. The van der Waals surface area contributed by atoms with Gasteiger partial charge < -0.3 is 14.2 Å². The Balaban J connectivity index is 2.02. The number of rotatable bonds is 1. The van der Waals surface area contributed by atoms with Crippen molar-refractivity contribution in [1.82, 2.24) is 4.90 Å². The van der Waals surface area contributed by atoms with Gasteiger partial charge in [0.2, 0.25) is 0 Å². The van der Waals surface area contributed by atoms with Gasteiger partial charge in [-0.1, -0.05) is 12.2 Å². The number of hydrogen-bond acceptors (Lipinski definition) is 3. The maximum absolute atomic E-state index is 5.50. The van der Waals surface area contributed by atoms with Crippen molar-refractivity contribution in [2.24, 2.45) is 0 Å². The third-order valence-electron chi connectivity index (χ3n) is 2.17. The van der Waals surface area contributed by atoms with E-state index in [0.717, 1.165) is 31.7 Å². The summed E-state index contributed by atoms with van der Waals surface area (Å²) in [6.07, 6.45) is 7.28. The van der Waals surface area contributed by atoms with Crippen LogP contribution in [0.15, 0.2) is 23.8 Å². The second-order valence-electron chi connectivity index (χ2n) is 3.40. The molecule has 0 N–H and O–H groups in total. The Hall–Kier alpha value is -0.735. The molecule has 70 valence electrons. The molecule has 0 radical (unpaired) electrons. The summed E-state index contributed by atoms with van der Waals surface area (Å²) in [6.45, 7) is 2.58. The maximum atomic E-state index is 5.50. The minimum Gasteiger partial charge on any atom is -0.407 e. The van der Waals surface area contributed by atoms with E-state index in [4.69, 9.17) is 9.31 Å². The predicted molar refractivity (Wildman–Crippen MR) is 52.1 cm³/mol. The van der Waals surface area contributed by atoms with Gasteiger partial charge in [0.25, 0.3) is 0 Å². The first-order chi connectivity index (χ1) is 6.36. The molecule has 4 heteroatoms. The van der Waals surface area contributed by atoms with Crippen molar-refractivity contribution in [3.63, 3.8) is 0 Å². The van der Waals surface area contributed by atoms with E-state index in [1.54, 1.807) is 0 Å². The molecule has 0 amide bonds. The summed E-state index contributed by atoms with van der Waals surface area (Å²) in [6, 6.07) is 0. The van der Waals surface area contributed by atoms with Gasteiger partial charge >= 0.3 is 7.12 Å². The largest absolute Gasteiger partial charge is 0.495 e. The molecule has 0 aromatic heterocycles. The highest BCUT2D eigenvalue weighted by atomic mass is 16.6. The molecule has 3 nitrogen and oxygen atoms in total. The van der Waals surface area contributed by atoms with E-state index >= 15 is 0 Å². The van der Waals surface area contributed by atoms with Crippen LogP contribution in [0.4, 0.5) is 0 Å². The molecule has 1 fully saturated rings. The van der Waals surface area contributed by atoms with E-state index in [-0.39, 0.29) is 7.12 Å². The van der Waals surface area contributed by atoms with Crippen molar-refractivity contribution in [3.8, 4) is 0 Å². The van der Waals surface area contributed by atoms with Gasteiger partial charge in [-0.3, -0.25) is 0 Å². The molecule has 0 unspecified atom stereocenters. The predicted octanol–water partition coefficient (Wildman–Crippen LogP) is 0.836. The number of hydrogen-bond donors (Lipinski definition) is 0. The molecule has 0 aromatic carbocycles. The molecular formula is C9H14BNO2. The standard InChI is InChI=1S/C9H14BNO2/c1-11-5-2-4-9(8-11)10-12-6-3-7-13-10/h2,4,8H,3,5-7H2,1H3. The zero-order valence-electron chi connectivity index (χ0n) is 7.90. The van der Waals surface area contributed by atoms with Crippen molar-refractivity contribution in [2.75, 3.05) is 26.8 Å². The summed E-state index contributed by atoms with van der Waals surface area (Å²) in [5.74, 6) is 0. The second-order valence-corrected chi connectivity index (χ2v) is 3.40. The van der Waals surface area contributed by atoms with E-state index < -0.39 is 0 Å². The van der Waals surface area contributed by atoms with Crippen molar-refractivity contribution in [2.45, 2.75) is 6.42 Å². The first-order valence-electron chi connectivity index (χ1n) is 4.68. The quantitative estimate of drug-likeness (QED) is 0.556. The lowest BCUT2D eigenvalue weighted by Crippen LogP contribution is -2.33. The van der Waals surface area contributed by atoms with Crippen LogP contribution in [0.25, 0.3) is 0 Å². The van der Waals surface area contributed by atoms with E-state index in [1.807, 2.05) is 7.05 Å². The molecule has 0 aliphatic carbocycles. The van der Waals surface area contributed by atoms with E-state index in [1.165, 1.54) is 0 Å². The monoisotopic (exact) mass is 179 g/mol. The summed E-state index contributed by atoms with van der Waals surface area (Å²) in [5, 5.41) is 0. The SMILES string of the molecule is CN1C=C(B2OCCCO2)C=CC1. The Morgan fingerprint density at radius 1 is 1.38 bits per heavy atom. The van der Waals surface area contributed by atoms with Crippen LogP contribution in [0.3, 0.4) is 0 Å². The summed E-state index contributed by atoms with van der Waals surface area (Å²) >= 11 is 0. The fourth-order valence-electron chi connectivity index (χ4n) is 1.52. The highest BCUT2D eigenvalue weighted by molar-refractivity contribution is 6.54. The number of allylic oxidation sites excluding steroid dienone is 2. The fraction of sp³-hybridized carbons (Fsp3) is 0.556. The maximum Gasteiger partial charge on any atom is 0.495 e. The lowest BCUT2D eigenvalue weighted by molar-refractivity contribution is 0.140. The van der Waals surface area contributed by atoms with Crippen LogP contribution in [-0.2, 0) is 9.31 Å². The Bertz CT molecular complexity index is 234. The van der Waals surface area contributed by atoms with Gasteiger partial charge in [0.05, 0.1) is 0 Å². The van der Waals surface area contributed by atoms with E-state index in [2.05, 4.69) is 23.3 Å². The fourth-order valence-corrected chi connectivity index (χ4v) is 1.52. The molecule has 0 spiro atoms. The van der Waals surface area contributed by atoms with Crippen molar-refractivity contribution >= 4 is 7.12 Å². The Labute approximate surface area is 79.1 Å². The topological polar surface area (TPSA) is 21.7 Å². The van der Waals surface area contributed by atoms with Gasteiger partial charge in [-0.25, -0.2) is 0 Å². The summed E-state index contributed by atoms with van der Waals surface area (Å²) in [7, 11) is 1.90. The van der Waals surface area contributed by atoms with Gasteiger partial charge in [0.15, 0.2) is 0 Å². The molecule has 13 heavy (non-hydrogen) atoms. The third kappa shape index (κ3) is 2.14. The van der Waals surface area contributed by atoms with Crippen LogP contribution >= 0.6 is 0 Å². The first kappa shape index (κ1) is 8.85. The number of nitrogens with zero attached hydrogens (tertiary/aromatic N) is 1. The van der Waals surface area contributed by atoms with Crippen LogP contribution in [0.2, 0.25) is 0 Å². The summed E-state index contributed by atoms with van der Waals surface area (Å²) in [5.41, 5.74) is 1.12. The Morgan fingerprint density at radius 3 is 2.85 bits per heavy atom. The molecule has 2 heterocycles. The average Bonchev–Trinajstić information content (AvgIpc) is 2.19. The van der Waals surface area contributed by atoms with Gasteiger partial charge in [-0.05, 0) is 18.1 Å². The summed E-state index contributed by atoms with van der Waals surface area (Å²) < 4.78 is 11.0. The molecule has 0 saturated carbocycles. The van der Waals surface area contributed by atoms with E-state index in [0.29, 0.717) is 0 Å². The molecule has 2 rings (SSSR count). The van der Waals surface area contributed by atoms with Crippen LogP contribution < -0.4 is 0 Å². The van der Waals surface area contributed by atoms with Crippen molar-refractivity contribution in [3.05, 3.63) is 23.8 Å². The molecule has 2 aliphatic rings.